The second-order valence-corrected chi connectivity index (χ2v) is 6.06. The standard InChI is InChI=1S/C18H22ClN3O/c1-22(2)13-3-12-20-16-8-10-17(11-9-16)21-18(23)14-4-6-15(19)7-5-14/h4-11,20H,3,12-13H2,1-2H3,(H,21,23). The Morgan fingerprint density at radius 1 is 1.00 bits per heavy atom. The molecule has 0 aliphatic carbocycles. The van der Waals surface area contributed by atoms with Crippen molar-refractivity contribution >= 4 is 28.9 Å². The van der Waals surface area contributed by atoms with Crippen LogP contribution in [0.15, 0.2) is 48.5 Å². The van der Waals surface area contributed by atoms with E-state index >= 15 is 0 Å². The molecule has 0 spiro atoms. The summed E-state index contributed by atoms with van der Waals surface area (Å²) in [4.78, 5) is 14.3. The Morgan fingerprint density at radius 2 is 1.61 bits per heavy atom. The molecule has 5 heteroatoms. The number of carbonyl (C=O) groups excluding carboxylic acids is 1. The summed E-state index contributed by atoms with van der Waals surface area (Å²) in [7, 11) is 4.14. The van der Waals surface area contributed by atoms with Crippen molar-refractivity contribution in [2.24, 2.45) is 0 Å². The van der Waals surface area contributed by atoms with Gasteiger partial charge in [0.15, 0.2) is 0 Å². The van der Waals surface area contributed by atoms with Gasteiger partial charge in [0.2, 0.25) is 0 Å². The van der Waals surface area contributed by atoms with Gasteiger partial charge in [-0.25, -0.2) is 0 Å². The Hall–Kier alpha value is -2.04. The Morgan fingerprint density at radius 3 is 2.22 bits per heavy atom. The van der Waals surface area contributed by atoms with Gasteiger partial charge in [-0.3, -0.25) is 4.79 Å². The molecular weight excluding hydrogens is 310 g/mol. The van der Waals surface area contributed by atoms with Crippen LogP contribution in [-0.4, -0.2) is 38.0 Å². The first-order valence-electron chi connectivity index (χ1n) is 7.60. The molecular formula is C18H22ClN3O. The van der Waals surface area contributed by atoms with Crippen LogP contribution in [-0.2, 0) is 0 Å². The zero-order valence-corrected chi connectivity index (χ0v) is 14.2. The minimum Gasteiger partial charge on any atom is -0.385 e. The molecule has 122 valence electrons. The largest absolute Gasteiger partial charge is 0.385 e. The molecule has 2 aromatic rings. The van der Waals surface area contributed by atoms with Gasteiger partial charge >= 0.3 is 0 Å². The van der Waals surface area contributed by atoms with Crippen LogP contribution in [0.3, 0.4) is 0 Å². The zero-order valence-electron chi connectivity index (χ0n) is 13.5. The molecule has 0 radical (unpaired) electrons. The second kappa shape index (κ2) is 8.56. The summed E-state index contributed by atoms with van der Waals surface area (Å²) in [6.45, 7) is 1.98. The quantitative estimate of drug-likeness (QED) is 0.755. The first-order chi connectivity index (χ1) is 11.0. The van der Waals surface area contributed by atoms with Crippen LogP contribution in [0.25, 0.3) is 0 Å². The van der Waals surface area contributed by atoms with E-state index in [-0.39, 0.29) is 5.91 Å². The predicted octanol–water partition coefficient (Wildman–Crippen LogP) is 3.96. The van der Waals surface area contributed by atoms with E-state index in [0.717, 1.165) is 30.9 Å². The van der Waals surface area contributed by atoms with Crippen LogP contribution in [0.1, 0.15) is 16.8 Å². The van der Waals surface area contributed by atoms with Gasteiger partial charge in [-0.2, -0.15) is 0 Å². The fourth-order valence-corrected chi connectivity index (χ4v) is 2.23. The molecule has 23 heavy (non-hydrogen) atoms. The highest BCUT2D eigenvalue weighted by Crippen LogP contribution is 2.15. The molecule has 2 N–H and O–H groups in total. The molecule has 0 aliphatic rings. The molecule has 0 unspecified atom stereocenters. The van der Waals surface area contributed by atoms with Gasteiger partial charge in [0.05, 0.1) is 0 Å². The highest BCUT2D eigenvalue weighted by molar-refractivity contribution is 6.30. The van der Waals surface area contributed by atoms with Crippen molar-refractivity contribution in [3.05, 3.63) is 59.1 Å². The number of nitrogens with one attached hydrogen (secondary N) is 2. The summed E-state index contributed by atoms with van der Waals surface area (Å²) in [6, 6.07) is 14.5. The number of hydrogen-bond acceptors (Lipinski definition) is 3. The van der Waals surface area contributed by atoms with E-state index in [1.807, 2.05) is 24.3 Å². The van der Waals surface area contributed by atoms with Gasteiger partial charge < -0.3 is 15.5 Å². The van der Waals surface area contributed by atoms with Crippen molar-refractivity contribution < 1.29 is 4.79 Å². The Labute approximate surface area is 142 Å². The lowest BCUT2D eigenvalue weighted by atomic mass is 10.2. The third kappa shape index (κ3) is 5.93. The van der Waals surface area contributed by atoms with Gasteiger partial charge in [-0.05, 0) is 75.6 Å². The van der Waals surface area contributed by atoms with Crippen LogP contribution >= 0.6 is 11.6 Å². The van der Waals surface area contributed by atoms with Crippen molar-refractivity contribution in [1.29, 1.82) is 0 Å². The summed E-state index contributed by atoms with van der Waals surface area (Å²) in [5.74, 6) is -0.145. The van der Waals surface area contributed by atoms with Gasteiger partial charge in [0.25, 0.3) is 5.91 Å². The van der Waals surface area contributed by atoms with E-state index in [9.17, 15) is 4.79 Å². The number of carbonyl (C=O) groups is 1. The van der Waals surface area contributed by atoms with E-state index in [0.29, 0.717) is 10.6 Å². The van der Waals surface area contributed by atoms with Gasteiger partial charge in [0.1, 0.15) is 0 Å². The molecule has 0 saturated carbocycles. The lowest BCUT2D eigenvalue weighted by Crippen LogP contribution is -2.16. The smallest absolute Gasteiger partial charge is 0.255 e. The van der Waals surface area contributed by atoms with Crippen molar-refractivity contribution in [2.45, 2.75) is 6.42 Å². The fourth-order valence-electron chi connectivity index (χ4n) is 2.10. The number of halogens is 1. The van der Waals surface area contributed by atoms with Crippen LogP contribution in [0.5, 0.6) is 0 Å². The zero-order chi connectivity index (χ0) is 16.7. The molecule has 0 fully saturated rings. The SMILES string of the molecule is CN(C)CCCNc1ccc(NC(=O)c2ccc(Cl)cc2)cc1. The van der Waals surface area contributed by atoms with Crippen LogP contribution < -0.4 is 10.6 Å². The Kier molecular flexibility index (Phi) is 6.44. The normalized spacial score (nSPS) is 10.6. The van der Waals surface area contributed by atoms with Crippen LogP contribution in [0.4, 0.5) is 11.4 Å². The topological polar surface area (TPSA) is 44.4 Å². The molecule has 0 saturated heterocycles. The summed E-state index contributed by atoms with van der Waals surface area (Å²) < 4.78 is 0. The number of nitrogens with zero attached hydrogens (tertiary/aromatic N) is 1. The maximum absolute atomic E-state index is 12.1. The summed E-state index contributed by atoms with van der Waals surface area (Å²) in [5.41, 5.74) is 2.40. The van der Waals surface area contributed by atoms with Crippen LogP contribution in [0, 0.1) is 0 Å². The van der Waals surface area contributed by atoms with Gasteiger partial charge in [0, 0.05) is 28.5 Å². The lowest BCUT2D eigenvalue weighted by molar-refractivity contribution is 0.102. The number of benzene rings is 2. The molecule has 2 rings (SSSR count). The first kappa shape index (κ1) is 17.3. The fraction of sp³-hybridized carbons (Fsp3) is 0.278. The second-order valence-electron chi connectivity index (χ2n) is 5.62. The number of rotatable bonds is 7. The first-order valence-corrected chi connectivity index (χ1v) is 7.98. The van der Waals surface area contributed by atoms with E-state index in [4.69, 9.17) is 11.6 Å². The Bertz CT molecular complexity index is 624. The van der Waals surface area contributed by atoms with Gasteiger partial charge in [-0.1, -0.05) is 11.6 Å². The van der Waals surface area contributed by atoms with E-state index < -0.39 is 0 Å². The molecule has 0 aromatic heterocycles. The highest BCUT2D eigenvalue weighted by atomic mass is 35.5. The number of amides is 1. The third-order valence-corrected chi connectivity index (χ3v) is 3.61. The molecule has 0 aliphatic heterocycles. The minimum absolute atomic E-state index is 0.145. The third-order valence-electron chi connectivity index (χ3n) is 3.36. The summed E-state index contributed by atoms with van der Waals surface area (Å²) >= 11 is 5.82. The van der Waals surface area contributed by atoms with Crippen molar-refractivity contribution in [3.8, 4) is 0 Å². The van der Waals surface area contributed by atoms with Crippen molar-refractivity contribution in [2.75, 3.05) is 37.8 Å². The molecule has 0 bridgehead atoms. The minimum atomic E-state index is -0.145. The maximum Gasteiger partial charge on any atom is 0.255 e. The molecule has 0 atom stereocenters. The summed E-state index contributed by atoms with van der Waals surface area (Å²) in [6.07, 6.45) is 1.09. The highest BCUT2D eigenvalue weighted by Gasteiger charge is 2.05. The van der Waals surface area contributed by atoms with Crippen molar-refractivity contribution in [1.82, 2.24) is 4.90 Å². The average Bonchev–Trinajstić information content (AvgIpc) is 2.53. The van der Waals surface area contributed by atoms with E-state index in [2.05, 4.69) is 29.6 Å². The molecule has 0 heterocycles. The Balaban J connectivity index is 1.84. The number of anilines is 2. The monoisotopic (exact) mass is 331 g/mol. The summed E-state index contributed by atoms with van der Waals surface area (Å²) in [5, 5.41) is 6.85. The lowest BCUT2D eigenvalue weighted by Gasteiger charge is -2.11. The van der Waals surface area contributed by atoms with E-state index in [1.165, 1.54) is 0 Å². The maximum atomic E-state index is 12.1. The average molecular weight is 332 g/mol. The molecule has 4 nitrogen and oxygen atoms in total. The van der Waals surface area contributed by atoms with Crippen molar-refractivity contribution in [3.63, 3.8) is 0 Å². The van der Waals surface area contributed by atoms with Gasteiger partial charge in [-0.15, -0.1) is 0 Å². The molecule has 2 aromatic carbocycles. The van der Waals surface area contributed by atoms with Crippen LogP contribution in [0.2, 0.25) is 5.02 Å². The van der Waals surface area contributed by atoms with E-state index in [1.54, 1.807) is 24.3 Å². The molecule has 1 amide bonds. The number of hydrogen-bond donors (Lipinski definition) is 2. The predicted molar refractivity (Wildman–Crippen MR) is 97.5 cm³/mol.